The molecule has 22 heavy (non-hydrogen) atoms. The maximum absolute atomic E-state index is 11.3. The lowest BCUT2D eigenvalue weighted by atomic mass is 10.1. The second kappa shape index (κ2) is 6.75. The molecule has 0 bridgehead atoms. The molecule has 112 valence electrons. The van der Waals surface area contributed by atoms with Crippen molar-refractivity contribution in [1.29, 1.82) is 0 Å². The Bertz CT molecular complexity index is 777. The number of ether oxygens (including phenoxy) is 2. The van der Waals surface area contributed by atoms with E-state index in [0.717, 1.165) is 11.3 Å². The van der Waals surface area contributed by atoms with Gasteiger partial charge in [-0.3, -0.25) is 9.59 Å². The van der Waals surface area contributed by atoms with Crippen LogP contribution in [-0.4, -0.2) is 23.0 Å². The molecule has 0 N–H and O–H groups in total. The van der Waals surface area contributed by atoms with Gasteiger partial charge in [0.2, 0.25) is 11.2 Å². The summed E-state index contributed by atoms with van der Waals surface area (Å²) in [6.45, 7) is 2.47. The Morgan fingerprint density at radius 1 is 1.23 bits per heavy atom. The number of esters is 2. The van der Waals surface area contributed by atoms with E-state index in [9.17, 15) is 14.4 Å². The quantitative estimate of drug-likeness (QED) is 0.372. The number of aromatic nitrogens is 1. The third-order valence-electron chi connectivity index (χ3n) is 2.39. The number of hydrogen-bond donors (Lipinski definition) is 0. The molecule has 0 aliphatic carbocycles. The number of aliphatic imine (C=N–C) groups is 1. The normalized spacial score (nSPS) is 9.73. The lowest BCUT2D eigenvalue weighted by Gasteiger charge is -2.11. The fourth-order valence-electron chi connectivity index (χ4n) is 1.68. The molecule has 8 heteroatoms. The highest BCUT2D eigenvalue weighted by molar-refractivity contribution is 7.13. The van der Waals surface area contributed by atoms with Crippen molar-refractivity contribution in [3.8, 4) is 22.8 Å². The molecular formula is C14H10N2O5S. The number of carbonyl (C=O) groups excluding carboxylic acids is 3. The minimum Gasteiger partial charge on any atom is -0.423 e. The van der Waals surface area contributed by atoms with Gasteiger partial charge in [-0.25, -0.2) is 9.78 Å². The fraction of sp³-hybridized carbons (Fsp3) is 0.143. The van der Waals surface area contributed by atoms with E-state index in [1.54, 1.807) is 17.5 Å². The van der Waals surface area contributed by atoms with Gasteiger partial charge in [0.1, 0.15) is 0 Å². The minimum atomic E-state index is -0.567. The number of para-hydroxylation sites is 1. The van der Waals surface area contributed by atoms with Crippen molar-refractivity contribution < 1.29 is 23.9 Å². The zero-order valence-electron chi connectivity index (χ0n) is 11.7. The first kappa shape index (κ1) is 15.6. The zero-order valence-corrected chi connectivity index (χ0v) is 12.5. The van der Waals surface area contributed by atoms with Crippen LogP contribution in [-0.2, 0) is 14.4 Å². The van der Waals surface area contributed by atoms with E-state index in [-0.39, 0.29) is 16.6 Å². The van der Waals surface area contributed by atoms with Crippen LogP contribution in [0.2, 0.25) is 0 Å². The summed E-state index contributed by atoms with van der Waals surface area (Å²) >= 11 is 1.13. The average molecular weight is 318 g/mol. The molecule has 0 radical (unpaired) electrons. The molecule has 1 aromatic heterocycles. The van der Waals surface area contributed by atoms with Crippen molar-refractivity contribution in [3.05, 3.63) is 23.6 Å². The third kappa shape index (κ3) is 3.63. The molecule has 0 spiro atoms. The number of thiazole rings is 1. The summed E-state index contributed by atoms with van der Waals surface area (Å²) < 4.78 is 10.2. The van der Waals surface area contributed by atoms with Crippen LogP contribution in [0.4, 0.5) is 5.13 Å². The molecular weight excluding hydrogens is 308 g/mol. The first-order chi connectivity index (χ1) is 10.5. The Labute approximate surface area is 129 Å². The van der Waals surface area contributed by atoms with Crippen LogP contribution < -0.4 is 9.47 Å². The summed E-state index contributed by atoms with van der Waals surface area (Å²) in [7, 11) is 0. The standard InChI is InChI=1S/C14H10N2O5S/c1-8(18)20-12-5-3-4-10(13(12)21-9(2)19)11-6-22-14(16-11)15-7-17/h3-6H,1-2H3. The molecule has 0 fully saturated rings. The van der Waals surface area contributed by atoms with Crippen molar-refractivity contribution in [2.24, 2.45) is 4.99 Å². The fourth-order valence-corrected chi connectivity index (χ4v) is 2.32. The van der Waals surface area contributed by atoms with Crippen molar-refractivity contribution in [2.75, 3.05) is 0 Å². The van der Waals surface area contributed by atoms with Gasteiger partial charge in [-0.1, -0.05) is 6.07 Å². The van der Waals surface area contributed by atoms with Gasteiger partial charge in [-0.05, 0) is 12.1 Å². The van der Waals surface area contributed by atoms with E-state index < -0.39 is 11.9 Å². The molecule has 0 aliphatic heterocycles. The van der Waals surface area contributed by atoms with Crippen LogP contribution in [0.3, 0.4) is 0 Å². The van der Waals surface area contributed by atoms with Gasteiger partial charge in [-0.15, -0.1) is 16.3 Å². The van der Waals surface area contributed by atoms with E-state index in [2.05, 4.69) is 9.98 Å². The molecule has 2 aromatic rings. The zero-order chi connectivity index (χ0) is 16.1. The first-order valence-electron chi connectivity index (χ1n) is 6.05. The molecule has 0 saturated carbocycles. The van der Waals surface area contributed by atoms with Gasteiger partial charge < -0.3 is 9.47 Å². The Balaban J connectivity index is 2.54. The summed E-state index contributed by atoms with van der Waals surface area (Å²) in [4.78, 5) is 40.2. The first-order valence-corrected chi connectivity index (χ1v) is 6.93. The number of isocyanates is 1. The van der Waals surface area contributed by atoms with Gasteiger partial charge in [0.15, 0.2) is 11.5 Å². The lowest BCUT2D eigenvalue weighted by molar-refractivity contribution is -0.134. The van der Waals surface area contributed by atoms with Gasteiger partial charge in [0.05, 0.1) is 5.69 Å². The Morgan fingerprint density at radius 2 is 1.95 bits per heavy atom. The molecule has 7 nitrogen and oxygen atoms in total. The van der Waals surface area contributed by atoms with Crippen LogP contribution >= 0.6 is 11.3 Å². The molecule has 1 heterocycles. The van der Waals surface area contributed by atoms with Gasteiger partial charge in [0.25, 0.3) is 0 Å². The van der Waals surface area contributed by atoms with Crippen molar-refractivity contribution >= 4 is 34.5 Å². The highest BCUT2D eigenvalue weighted by Gasteiger charge is 2.18. The van der Waals surface area contributed by atoms with E-state index in [1.807, 2.05) is 0 Å². The lowest BCUT2D eigenvalue weighted by Crippen LogP contribution is -2.08. The molecule has 0 atom stereocenters. The van der Waals surface area contributed by atoms with E-state index in [1.165, 1.54) is 26.0 Å². The summed E-state index contributed by atoms with van der Waals surface area (Å²) in [6.07, 6.45) is 1.40. The van der Waals surface area contributed by atoms with E-state index >= 15 is 0 Å². The Hall–Kier alpha value is -2.83. The maximum atomic E-state index is 11.3. The topological polar surface area (TPSA) is 94.9 Å². The molecule has 2 rings (SSSR count). The van der Waals surface area contributed by atoms with Gasteiger partial charge in [-0.2, -0.15) is 0 Å². The number of nitrogens with zero attached hydrogens (tertiary/aromatic N) is 2. The Kier molecular flexibility index (Phi) is 4.77. The highest BCUT2D eigenvalue weighted by Crippen LogP contribution is 2.39. The summed E-state index contributed by atoms with van der Waals surface area (Å²) in [5.74, 6) is -0.928. The predicted molar refractivity (Wildman–Crippen MR) is 77.9 cm³/mol. The summed E-state index contributed by atoms with van der Waals surface area (Å²) in [6, 6.07) is 4.78. The third-order valence-corrected chi connectivity index (χ3v) is 3.12. The second-order valence-electron chi connectivity index (χ2n) is 4.04. The summed E-state index contributed by atoms with van der Waals surface area (Å²) in [5.41, 5.74) is 0.877. The predicted octanol–water partition coefficient (Wildman–Crippen LogP) is 2.63. The summed E-state index contributed by atoms with van der Waals surface area (Å²) in [5, 5.41) is 1.85. The molecule has 0 amide bonds. The van der Waals surface area contributed by atoms with Crippen LogP contribution in [0.5, 0.6) is 11.5 Å². The van der Waals surface area contributed by atoms with E-state index in [0.29, 0.717) is 11.3 Å². The molecule has 1 aromatic carbocycles. The van der Waals surface area contributed by atoms with Gasteiger partial charge in [0, 0.05) is 24.8 Å². The number of carbonyl (C=O) groups is 2. The monoisotopic (exact) mass is 318 g/mol. The van der Waals surface area contributed by atoms with Crippen molar-refractivity contribution in [2.45, 2.75) is 13.8 Å². The Morgan fingerprint density at radius 3 is 2.59 bits per heavy atom. The number of hydrogen-bond acceptors (Lipinski definition) is 8. The molecule has 0 aliphatic rings. The van der Waals surface area contributed by atoms with Crippen LogP contribution in [0.1, 0.15) is 13.8 Å². The van der Waals surface area contributed by atoms with Crippen molar-refractivity contribution in [3.63, 3.8) is 0 Å². The maximum Gasteiger partial charge on any atom is 0.308 e. The van der Waals surface area contributed by atoms with Crippen LogP contribution in [0, 0.1) is 0 Å². The SMILES string of the molecule is CC(=O)Oc1cccc(-c2csc(N=C=O)n2)c1OC(C)=O. The molecule has 0 saturated heterocycles. The van der Waals surface area contributed by atoms with E-state index in [4.69, 9.17) is 9.47 Å². The van der Waals surface area contributed by atoms with Gasteiger partial charge >= 0.3 is 11.9 Å². The van der Waals surface area contributed by atoms with Crippen LogP contribution in [0.15, 0.2) is 28.6 Å². The minimum absolute atomic E-state index is 0.0807. The largest absolute Gasteiger partial charge is 0.423 e. The van der Waals surface area contributed by atoms with Crippen molar-refractivity contribution in [1.82, 2.24) is 4.98 Å². The average Bonchev–Trinajstić information content (AvgIpc) is 2.88. The highest BCUT2D eigenvalue weighted by atomic mass is 32.1. The number of rotatable bonds is 4. The van der Waals surface area contributed by atoms with Crippen LogP contribution in [0.25, 0.3) is 11.3 Å². The number of benzene rings is 1. The molecule has 0 unspecified atom stereocenters. The smallest absolute Gasteiger partial charge is 0.308 e. The second-order valence-corrected chi connectivity index (χ2v) is 4.88.